The third kappa shape index (κ3) is 3.39. The number of hydrogen-bond acceptors (Lipinski definition) is 3. The molecule has 0 aliphatic carbocycles. The molecule has 1 amide bonds. The minimum absolute atomic E-state index is 0.0297. The molecule has 0 fully saturated rings. The van der Waals surface area contributed by atoms with Crippen molar-refractivity contribution in [2.24, 2.45) is 0 Å². The summed E-state index contributed by atoms with van der Waals surface area (Å²) in [4.78, 5) is 16.4. The van der Waals surface area contributed by atoms with Crippen LogP contribution < -0.4 is 10.3 Å². The van der Waals surface area contributed by atoms with Crippen molar-refractivity contribution in [3.05, 3.63) is 73.1 Å². The Bertz CT molecular complexity index is 919. The molecule has 126 valence electrons. The average Bonchev–Trinajstić information content (AvgIpc) is 3.02. The quantitative estimate of drug-likeness (QED) is 0.494. The maximum Gasteiger partial charge on any atom is 0.279 e. The molecule has 5 nitrogen and oxygen atoms in total. The predicted molar refractivity (Wildman–Crippen MR) is 115 cm³/mol. The number of amides is 1. The van der Waals surface area contributed by atoms with Crippen LogP contribution in [0, 0.1) is 7.14 Å². The Morgan fingerprint density at radius 1 is 0.960 bits per heavy atom. The largest absolute Gasteiger partial charge is 0.307 e. The second-order valence-electron chi connectivity index (χ2n) is 5.73. The summed E-state index contributed by atoms with van der Waals surface area (Å²) in [6.45, 7) is 0.668. The fourth-order valence-corrected chi connectivity index (χ4v) is 3.57. The highest BCUT2D eigenvalue weighted by molar-refractivity contribution is 14.1. The van der Waals surface area contributed by atoms with Crippen molar-refractivity contribution in [3.63, 3.8) is 0 Å². The Balaban J connectivity index is 1.65. The highest BCUT2D eigenvalue weighted by atomic mass is 127. The van der Waals surface area contributed by atoms with Gasteiger partial charge in [-0.3, -0.25) is 10.2 Å². The highest BCUT2D eigenvalue weighted by Crippen LogP contribution is 2.25. The normalized spacial score (nSPS) is 13.7. The lowest BCUT2D eigenvalue weighted by molar-refractivity contribution is 0.0972. The van der Waals surface area contributed by atoms with Crippen LogP contribution in [0.2, 0.25) is 0 Å². The van der Waals surface area contributed by atoms with E-state index in [-0.39, 0.29) is 5.91 Å². The van der Waals surface area contributed by atoms with E-state index in [4.69, 9.17) is 0 Å². The van der Waals surface area contributed by atoms with Crippen LogP contribution in [0.3, 0.4) is 0 Å². The first-order chi connectivity index (χ1) is 12.1. The van der Waals surface area contributed by atoms with Crippen molar-refractivity contribution in [3.8, 4) is 0 Å². The molecule has 25 heavy (non-hydrogen) atoms. The van der Waals surface area contributed by atoms with Gasteiger partial charge in [0.05, 0.1) is 11.9 Å². The van der Waals surface area contributed by atoms with Crippen LogP contribution in [-0.2, 0) is 6.42 Å². The molecule has 1 aromatic heterocycles. The number of rotatable bonds is 3. The molecule has 1 aliphatic rings. The summed E-state index contributed by atoms with van der Waals surface area (Å²) in [6, 6.07) is 16.0. The van der Waals surface area contributed by atoms with Crippen molar-refractivity contribution in [2.45, 2.75) is 6.42 Å². The van der Waals surface area contributed by atoms with Crippen molar-refractivity contribution < 1.29 is 4.79 Å². The minimum atomic E-state index is -0.0297. The lowest BCUT2D eigenvalue weighted by atomic mass is 10.1. The third-order valence-corrected chi connectivity index (χ3v) is 5.55. The van der Waals surface area contributed by atoms with Gasteiger partial charge in [0.1, 0.15) is 0 Å². The standard InChI is InChI=1S/C18H14I2N4O/c19-13-1-5-15(6-2-13)22-24-17-12(11-21-24)9-10-23(18(17)25)16-7-3-14(20)4-8-16/h1-8,11,22H,9-10H2. The fraction of sp³-hybridized carbons (Fsp3) is 0.111. The minimum Gasteiger partial charge on any atom is -0.307 e. The molecule has 3 aromatic rings. The van der Waals surface area contributed by atoms with Gasteiger partial charge in [-0.2, -0.15) is 9.89 Å². The van der Waals surface area contributed by atoms with Crippen LogP contribution in [0.5, 0.6) is 0 Å². The van der Waals surface area contributed by atoms with Crippen molar-refractivity contribution >= 4 is 62.5 Å². The summed E-state index contributed by atoms with van der Waals surface area (Å²) in [5, 5.41) is 4.36. The van der Waals surface area contributed by atoms with Gasteiger partial charge in [-0.25, -0.2) is 0 Å². The molecular weight excluding hydrogens is 542 g/mol. The van der Waals surface area contributed by atoms with Gasteiger partial charge in [0.25, 0.3) is 5.91 Å². The van der Waals surface area contributed by atoms with Gasteiger partial charge in [-0.1, -0.05) is 0 Å². The molecular formula is C18H14I2N4O. The summed E-state index contributed by atoms with van der Waals surface area (Å²) in [5.41, 5.74) is 6.59. The van der Waals surface area contributed by atoms with E-state index >= 15 is 0 Å². The zero-order chi connectivity index (χ0) is 17.4. The molecule has 0 radical (unpaired) electrons. The van der Waals surface area contributed by atoms with Gasteiger partial charge in [-0.15, -0.1) is 0 Å². The van der Waals surface area contributed by atoms with Gasteiger partial charge in [-0.05, 0) is 100 Å². The van der Waals surface area contributed by atoms with Gasteiger partial charge in [0.2, 0.25) is 0 Å². The van der Waals surface area contributed by atoms with E-state index in [1.165, 1.54) is 0 Å². The number of nitrogens with one attached hydrogen (secondary N) is 1. The SMILES string of the molecule is O=C1c2c(cnn2Nc2ccc(I)cc2)CCN1c1ccc(I)cc1. The van der Waals surface area contributed by atoms with Crippen molar-refractivity contribution in [1.82, 2.24) is 9.89 Å². The first-order valence-corrected chi connectivity index (χ1v) is 9.94. The number of fused-ring (bicyclic) bond motifs is 1. The number of carbonyl (C=O) groups excluding carboxylic acids is 1. The number of aromatic nitrogens is 2. The number of anilines is 2. The molecule has 0 bridgehead atoms. The van der Waals surface area contributed by atoms with E-state index in [9.17, 15) is 4.79 Å². The number of benzene rings is 2. The molecule has 0 atom stereocenters. The molecule has 7 heteroatoms. The number of halogens is 2. The van der Waals surface area contributed by atoms with Crippen LogP contribution >= 0.6 is 45.2 Å². The van der Waals surface area contributed by atoms with E-state index in [2.05, 4.69) is 55.7 Å². The zero-order valence-electron chi connectivity index (χ0n) is 13.1. The van der Waals surface area contributed by atoms with Crippen molar-refractivity contribution in [1.29, 1.82) is 0 Å². The van der Waals surface area contributed by atoms with E-state index in [0.29, 0.717) is 12.2 Å². The van der Waals surface area contributed by atoms with E-state index in [0.717, 1.165) is 30.5 Å². The summed E-state index contributed by atoms with van der Waals surface area (Å²) >= 11 is 4.53. The Morgan fingerprint density at radius 2 is 1.60 bits per heavy atom. The lowest BCUT2D eigenvalue weighted by Crippen LogP contribution is -2.39. The number of carbonyl (C=O) groups is 1. The first kappa shape index (κ1) is 16.8. The third-order valence-electron chi connectivity index (χ3n) is 4.12. The molecule has 2 heterocycles. The number of nitrogens with zero attached hydrogens (tertiary/aromatic N) is 3. The Labute approximate surface area is 172 Å². The Morgan fingerprint density at radius 3 is 2.28 bits per heavy atom. The second kappa shape index (κ2) is 6.94. The summed E-state index contributed by atoms with van der Waals surface area (Å²) in [5.74, 6) is -0.0297. The van der Waals surface area contributed by atoms with Gasteiger partial charge in [0.15, 0.2) is 5.69 Å². The van der Waals surface area contributed by atoms with Crippen LogP contribution in [0.4, 0.5) is 11.4 Å². The zero-order valence-corrected chi connectivity index (χ0v) is 17.4. The predicted octanol–water partition coefficient (Wildman–Crippen LogP) is 4.17. The maximum atomic E-state index is 13.1. The highest BCUT2D eigenvalue weighted by Gasteiger charge is 2.30. The summed E-state index contributed by atoms with van der Waals surface area (Å²) in [6.07, 6.45) is 2.57. The van der Waals surface area contributed by atoms with Crippen LogP contribution in [0.25, 0.3) is 0 Å². The van der Waals surface area contributed by atoms with Crippen LogP contribution in [-0.4, -0.2) is 22.3 Å². The van der Waals surface area contributed by atoms with Crippen LogP contribution in [0.15, 0.2) is 54.7 Å². The van der Waals surface area contributed by atoms with Gasteiger partial charge >= 0.3 is 0 Å². The molecule has 0 unspecified atom stereocenters. The van der Waals surface area contributed by atoms with Gasteiger partial charge < -0.3 is 4.90 Å². The van der Waals surface area contributed by atoms with Gasteiger partial charge in [0, 0.05) is 24.9 Å². The molecule has 4 rings (SSSR count). The summed E-state index contributed by atoms with van der Waals surface area (Å²) < 4.78 is 2.31. The van der Waals surface area contributed by atoms with E-state index in [1.807, 2.05) is 53.4 Å². The van der Waals surface area contributed by atoms with Crippen molar-refractivity contribution in [2.75, 3.05) is 16.9 Å². The van der Waals surface area contributed by atoms with E-state index < -0.39 is 0 Å². The smallest absolute Gasteiger partial charge is 0.279 e. The number of hydrogen-bond donors (Lipinski definition) is 1. The summed E-state index contributed by atoms with van der Waals surface area (Å²) in [7, 11) is 0. The van der Waals surface area contributed by atoms with E-state index in [1.54, 1.807) is 11.0 Å². The average molecular weight is 556 g/mol. The molecule has 1 N–H and O–H groups in total. The topological polar surface area (TPSA) is 50.2 Å². The molecule has 0 saturated heterocycles. The monoisotopic (exact) mass is 556 g/mol. The molecule has 2 aromatic carbocycles. The fourth-order valence-electron chi connectivity index (χ4n) is 2.85. The first-order valence-electron chi connectivity index (χ1n) is 7.79. The molecule has 1 aliphatic heterocycles. The Kier molecular flexibility index (Phi) is 4.67. The van der Waals surface area contributed by atoms with Crippen LogP contribution in [0.1, 0.15) is 16.1 Å². The molecule has 0 spiro atoms. The Hall–Kier alpha value is -1.62. The maximum absolute atomic E-state index is 13.1. The lowest BCUT2D eigenvalue weighted by Gasteiger charge is -2.27. The molecule has 0 saturated carbocycles. The second-order valence-corrected chi connectivity index (χ2v) is 8.22.